The Bertz CT molecular complexity index is 627. The van der Waals surface area contributed by atoms with Crippen molar-refractivity contribution in [3.63, 3.8) is 0 Å². The van der Waals surface area contributed by atoms with E-state index in [1.165, 1.54) is 17.0 Å². The molecule has 1 amide bonds. The van der Waals surface area contributed by atoms with Crippen LogP contribution in [0.3, 0.4) is 0 Å². The minimum atomic E-state index is -0.473. The average molecular weight is 276 g/mol. The monoisotopic (exact) mass is 276 g/mol. The molecule has 0 fully saturated rings. The van der Waals surface area contributed by atoms with Crippen molar-refractivity contribution in [2.75, 3.05) is 12.8 Å². The smallest absolute Gasteiger partial charge is 0.254 e. The van der Waals surface area contributed by atoms with Gasteiger partial charge in [-0.25, -0.2) is 9.37 Å². The molecule has 0 saturated heterocycles. The number of hydrogen-bond donors (Lipinski definition) is 1. The zero-order valence-corrected chi connectivity index (χ0v) is 11.7. The van der Waals surface area contributed by atoms with Crippen LogP contribution in [0.5, 0.6) is 0 Å². The van der Waals surface area contributed by atoms with Crippen LogP contribution >= 0.6 is 0 Å². The molecule has 0 spiro atoms. The lowest BCUT2D eigenvalue weighted by Crippen LogP contribution is -2.27. The fourth-order valence-corrected chi connectivity index (χ4v) is 1.88. The summed E-state index contributed by atoms with van der Waals surface area (Å²) in [6.07, 6.45) is 3.47. The van der Waals surface area contributed by atoms with Crippen molar-refractivity contribution < 1.29 is 9.18 Å². The fraction of sp³-hybridized carbons (Fsp3) is 0.286. The number of carbonyl (C=O) groups excluding carboxylic acids is 1. The molecule has 0 bridgehead atoms. The van der Waals surface area contributed by atoms with Crippen LogP contribution in [0.1, 0.15) is 21.7 Å². The highest BCUT2D eigenvalue weighted by atomic mass is 19.1. The zero-order chi connectivity index (χ0) is 14.9. The Morgan fingerprint density at radius 1 is 1.50 bits per heavy atom. The maximum Gasteiger partial charge on any atom is 0.254 e. The molecule has 0 aliphatic heterocycles. The first-order valence-corrected chi connectivity index (χ1v) is 6.17. The highest BCUT2D eigenvalue weighted by Crippen LogP contribution is 2.19. The van der Waals surface area contributed by atoms with Gasteiger partial charge in [-0.05, 0) is 19.1 Å². The minimum Gasteiger partial charge on any atom is -0.398 e. The second-order valence-electron chi connectivity index (χ2n) is 4.79. The van der Waals surface area contributed by atoms with Gasteiger partial charge >= 0.3 is 0 Å². The Labute approximate surface area is 116 Å². The zero-order valence-electron chi connectivity index (χ0n) is 11.7. The molecule has 2 aromatic rings. The lowest BCUT2D eigenvalue weighted by Gasteiger charge is -2.17. The van der Waals surface area contributed by atoms with E-state index in [-0.39, 0.29) is 17.2 Å². The van der Waals surface area contributed by atoms with Gasteiger partial charge in [0.15, 0.2) is 0 Å². The third-order valence-corrected chi connectivity index (χ3v) is 3.28. The first-order valence-electron chi connectivity index (χ1n) is 6.17. The SMILES string of the molecule is Cc1c(N)cc(C(=O)N(C)Cc2nccn2C)cc1F. The molecule has 0 saturated carbocycles. The van der Waals surface area contributed by atoms with Crippen molar-refractivity contribution in [2.24, 2.45) is 7.05 Å². The summed E-state index contributed by atoms with van der Waals surface area (Å²) in [4.78, 5) is 17.9. The van der Waals surface area contributed by atoms with E-state index >= 15 is 0 Å². The van der Waals surface area contributed by atoms with Crippen LogP contribution in [0.15, 0.2) is 24.5 Å². The van der Waals surface area contributed by atoms with Gasteiger partial charge in [-0.2, -0.15) is 0 Å². The van der Waals surface area contributed by atoms with Crippen LogP contribution in [0, 0.1) is 12.7 Å². The van der Waals surface area contributed by atoms with Crippen molar-refractivity contribution in [1.29, 1.82) is 0 Å². The number of rotatable bonds is 3. The molecule has 2 N–H and O–H groups in total. The molecule has 0 aliphatic rings. The van der Waals surface area contributed by atoms with Gasteiger partial charge < -0.3 is 15.2 Å². The first kappa shape index (κ1) is 14.0. The normalized spacial score (nSPS) is 10.6. The number of imidazole rings is 1. The highest BCUT2D eigenvalue weighted by molar-refractivity contribution is 5.95. The molecule has 1 aromatic carbocycles. The molecule has 20 heavy (non-hydrogen) atoms. The van der Waals surface area contributed by atoms with Crippen LogP contribution in [0.25, 0.3) is 0 Å². The van der Waals surface area contributed by atoms with Crippen LogP contribution in [-0.2, 0) is 13.6 Å². The van der Waals surface area contributed by atoms with Crippen molar-refractivity contribution in [2.45, 2.75) is 13.5 Å². The maximum atomic E-state index is 13.6. The largest absolute Gasteiger partial charge is 0.398 e. The van der Waals surface area contributed by atoms with Gasteiger partial charge in [0, 0.05) is 43.3 Å². The number of nitrogens with zero attached hydrogens (tertiary/aromatic N) is 3. The lowest BCUT2D eigenvalue weighted by molar-refractivity contribution is 0.0780. The summed E-state index contributed by atoms with van der Waals surface area (Å²) in [6.45, 7) is 1.92. The summed E-state index contributed by atoms with van der Waals surface area (Å²) in [5.41, 5.74) is 6.56. The summed E-state index contributed by atoms with van der Waals surface area (Å²) in [5, 5.41) is 0. The number of amides is 1. The maximum absolute atomic E-state index is 13.6. The van der Waals surface area contributed by atoms with E-state index < -0.39 is 5.82 Å². The van der Waals surface area contributed by atoms with E-state index in [9.17, 15) is 9.18 Å². The summed E-state index contributed by atoms with van der Waals surface area (Å²) < 4.78 is 15.5. The van der Waals surface area contributed by atoms with E-state index in [2.05, 4.69) is 4.98 Å². The summed E-state index contributed by atoms with van der Waals surface area (Å²) in [7, 11) is 3.50. The molecule has 5 nitrogen and oxygen atoms in total. The van der Waals surface area contributed by atoms with Crippen molar-refractivity contribution in [1.82, 2.24) is 14.5 Å². The third kappa shape index (κ3) is 2.64. The minimum absolute atomic E-state index is 0.238. The molecule has 2 rings (SSSR count). The van der Waals surface area contributed by atoms with E-state index in [1.54, 1.807) is 26.4 Å². The van der Waals surface area contributed by atoms with Gasteiger partial charge in [0.05, 0.1) is 6.54 Å². The van der Waals surface area contributed by atoms with Gasteiger partial charge in [0.1, 0.15) is 11.6 Å². The summed E-state index contributed by atoms with van der Waals surface area (Å²) >= 11 is 0. The van der Waals surface area contributed by atoms with Crippen LogP contribution < -0.4 is 5.73 Å². The Hall–Kier alpha value is -2.37. The predicted molar refractivity (Wildman–Crippen MR) is 74.6 cm³/mol. The third-order valence-electron chi connectivity index (χ3n) is 3.28. The van der Waals surface area contributed by atoms with E-state index in [1.807, 2.05) is 11.6 Å². The number of carbonyl (C=O) groups is 1. The topological polar surface area (TPSA) is 64.2 Å². The highest BCUT2D eigenvalue weighted by Gasteiger charge is 2.16. The van der Waals surface area contributed by atoms with Crippen molar-refractivity contribution in [3.05, 3.63) is 47.3 Å². The summed E-state index contributed by atoms with van der Waals surface area (Å²) in [6, 6.07) is 2.71. The number of aryl methyl sites for hydroxylation is 1. The number of aromatic nitrogens is 2. The van der Waals surface area contributed by atoms with Crippen LogP contribution in [0.2, 0.25) is 0 Å². The second-order valence-corrected chi connectivity index (χ2v) is 4.79. The standard InChI is InChI=1S/C14H17FN4O/c1-9-11(15)6-10(7-12(9)16)14(20)19(3)8-13-17-4-5-18(13)2/h4-7H,8,16H2,1-3H3. The van der Waals surface area contributed by atoms with Gasteiger partial charge in [-0.1, -0.05) is 0 Å². The molecule has 0 aliphatic carbocycles. The molecule has 6 heteroatoms. The first-order chi connectivity index (χ1) is 9.40. The quantitative estimate of drug-likeness (QED) is 0.868. The van der Waals surface area contributed by atoms with E-state index in [0.29, 0.717) is 12.1 Å². The van der Waals surface area contributed by atoms with E-state index in [0.717, 1.165) is 5.82 Å². The Balaban J connectivity index is 2.21. The molecule has 1 heterocycles. The molecule has 1 aromatic heterocycles. The number of nitrogen functional groups attached to an aromatic ring is 1. The molecular weight excluding hydrogens is 259 g/mol. The number of nitrogens with two attached hydrogens (primary N) is 1. The second kappa shape index (κ2) is 5.32. The van der Waals surface area contributed by atoms with Gasteiger partial charge in [-0.15, -0.1) is 0 Å². The van der Waals surface area contributed by atoms with Crippen molar-refractivity contribution in [3.8, 4) is 0 Å². The van der Waals surface area contributed by atoms with Gasteiger partial charge in [-0.3, -0.25) is 4.79 Å². The summed E-state index contributed by atoms with van der Waals surface area (Å²) in [5.74, 6) is -0.0150. The Morgan fingerprint density at radius 3 is 2.75 bits per heavy atom. The van der Waals surface area contributed by atoms with Crippen LogP contribution in [0.4, 0.5) is 10.1 Å². The molecule has 0 unspecified atom stereocenters. The average Bonchev–Trinajstić information content (AvgIpc) is 2.80. The number of anilines is 1. The molecular formula is C14H17FN4O. The van der Waals surface area contributed by atoms with Gasteiger partial charge in [0.25, 0.3) is 5.91 Å². The molecule has 0 radical (unpaired) electrons. The lowest BCUT2D eigenvalue weighted by atomic mass is 10.1. The number of halogens is 1. The fourth-order valence-electron chi connectivity index (χ4n) is 1.88. The van der Waals surface area contributed by atoms with Crippen molar-refractivity contribution >= 4 is 11.6 Å². The van der Waals surface area contributed by atoms with Gasteiger partial charge in [0.2, 0.25) is 0 Å². The number of benzene rings is 1. The number of hydrogen-bond acceptors (Lipinski definition) is 3. The Morgan fingerprint density at radius 2 is 2.20 bits per heavy atom. The van der Waals surface area contributed by atoms with Crippen LogP contribution in [-0.4, -0.2) is 27.4 Å². The predicted octanol–water partition coefficient (Wildman–Crippen LogP) is 1.72. The van der Waals surface area contributed by atoms with E-state index in [4.69, 9.17) is 5.73 Å². The molecule has 106 valence electrons. The molecule has 0 atom stereocenters. The Kier molecular flexibility index (Phi) is 3.74.